The fourth-order valence-corrected chi connectivity index (χ4v) is 3.26. The summed E-state index contributed by atoms with van der Waals surface area (Å²) < 4.78 is 0. The van der Waals surface area contributed by atoms with Crippen molar-refractivity contribution in [2.75, 3.05) is 58.2 Å². The molecule has 0 aliphatic carbocycles. The van der Waals surface area contributed by atoms with Gasteiger partial charge in [-0.05, 0) is 31.0 Å². The molecular weight excluding hydrogens is 260 g/mol. The van der Waals surface area contributed by atoms with Crippen molar-refractivity contribution >= 4 is 5.69 Å². The smallest absolute Gasteiger partial charge is 0.0418 e. The third kappa shape index (κ3) is 3.96. The minimum Gasteiger partial charge on any atom is -0.385 e. The molecule has 0 atom stereocenters. The van der Waals surface area contributed by atoms with Crippen LogP contribution in [0.25, 0.3) is 0 Å². The highest BCUT2D eigenvalue weighted by Crippen LogP contribution is 2.25. The first-order valence-electron chi connectivity index (χ1n) is 8.29. The van der Waals surface area contributed by atoms with E-state index in [2.05, 4.69) is 45.7 Å². The van der Waals surface area contributed by atoms with E-state index in [0.717, 1.165) is 26.2 Å². The van der Waals surface area contributed by atoms with Gasteiger partial charge in [-0.2, -0.15) is 0 Å². The van der Waals surface area contributed by atoms with Gasteiger partial charge in [-0.3, -0.25) is 4.90 Å². The average molecular weight is 288 g/mol. The van der Waals surface area contributed by atoms with Crippen LogP contribution < -0.4 is 10.6 Å². The maximum absolute atomic E-state index is 3.62. The number of aryl methyl sites for hydroxylation is 1. The van der Waals surface area contributed by atoms with E-state index in [1.165, 1.54) is 55.8 Å². The van der Waals surface area contributed by atoms with Crippen LogP contribution in [0.15, 0.2) is 18.2 Å². The zero-order valence-corrected chi connectivity index (χ0v) is 13.2. The van der Waals surface area contributed by atoms with Crippen molar-refractivity contribution in [3.8, 4) is 0 Å². The lowest BCUT2D eigenvalue weighted by Crippen LogP contribution is -2.46. The van der Waals surface area contributed by atoms with Gasteiger partial charge in [0, 0.05) is 58.0 Å². The molecule has 4 nitrogen and oxygen atoms in total. The molecule has 2 aliphatic rings. The minimum atomic E-state index is 0.976. The average Bonchev–Trinajstić information content (AvgIpc) is 2.53. The lowest BCUT2D eigenvalue weighted by molar-refractivity contribution is 0.154. The molecule has 1 fully saturated rings. The van der Waals surface area contributed by atoms with E-state index in [9.17, 15) is 0 Å². The van der Waals surface area contributed by atoms with Crippen molar-refractivity contribution < 1.29 is 0 Å². The number of piperazine rings is 1. The van der Waals surface area contributed by atoms with Gasteiger partial charge < -0.3 is 15.5 Å². The molecule has 1 aromatic carbocycles. The van der Waals surface area contributed by atoms with Crippen LogP contribution in [0, 0.1) is 0 Å². The fraction of sp³-hybridized carbons (Fsp3) is 0.647. The van der Waals surface area contributed by atoms with Crippen LogP contribution in [0.5, 0.6) is 0 Å². The van der Waals surface area contributed by atoms with Crippen LogP contribution in [-0.2, 0) is 13.0 Å². The van der Waals surface area contributed by atoms with Gasteiger partial charge in [0.2, 0.25) is 0 Å². The summed E-state index contributed by atoms with van der Waals surface area (Å²) in [7, 11) is 2.21. The SMILES string of the molecule is CN1CCN(CCNCc2cccc3c2NCCC3)CC1. The molecule has 0 aromatic heterocycles. The van der Waals surface area contributed by atoms with E-state index in [1.54, 1.807) is 0 Å². The fourth-order valence-electron chi connectivity index (χ4n) is 3.26. The van der Waals surface area contributed by atoms with E-state index < -0.39 is 0 Å². The van der Waals surface area contributed by atoms with E-state index >= 15 is 0 Å². The molecule has 3 rings (SSSR count). The third-order valence-electron chi connectivity index (χ3n) is 4.68. The van der Waals surface area contributed by atoms with Crippen LogP contribution >= 0.6 is 0 Å². The normalized spacial score (nSPS) is 20.0. The lowest BCUT2D eigenvalue weighted by atomic mass is 9.99. The predicted octanol–water partition coefficient (Wildman–Crippen LogP) is 1.38. The molecule has 4 heteroatoms. The van der Waals surface area contributed by atoms with E-state index in [-0.39, 0.29) is 0 Å². The van der Waals surface area contributed by atoms with Crippen LogP contribution in [0.3, 0.4) is 0 Å². The number of hydrogen-bond acceptors (Lipinski definition) is 4. The number of hydrogen-bond donors (Lipinski definition) is 2. The molecule has 0 unspecified atom stereocenters. The van der Waals surface area contributed by atoms with Crippen molar-refractivity contribution in [2.24, 2.45) is 0 Å². The molecule has 1 aromatic rings. The number of anilines is 1. The van der Waals surface area contributed by atoms with Gasteiger partial charge in [-0.25, -0.2) is 0 Å². The number of para-hydroxylation sites is 1. The first-order chi connectivity index (χ1) is 10.3. The summed E-state index contributed by atoms with van der Waals surface area (Å²) in [6.45, 7) is 9.16. The Bertz CT molecular complexity index is 452. The Morgan fingerprint density at radius 3 is 2.90 bits per heavy atom. The van der Waals surface area contributed by atoms with E-state index in [1.807, 2.05) is 0 Å². The zero-order valence-electron chi connectivity index (χ0n) is 13.2. The highest BCUT2D eigenvalue weighted by molar-refractivity contribution is 5.59. The number of nitrogens with one attached hydrogen (secondary N) is 2. The van der Waals surface area contributed by atoms with Gasteiger partial charge in [-0.1, -0.05) is 18.2 Å². The second kappa shape index (κ2) is 7.25. The molecule has 0 amide bonds. The van der Waals surface area contributed by atoms with Gasteiger partial charge in [0.15, 0.2) is 0 Å². The molecule has 2 heterocycles. The van der Waals surface area contributed by atoms with Crippen LogP contribution in [-0.4, -0.2) is 62.7 Å². The molecule has 2 N–H and O–H groups in total. The topological polar surface area (TPSA) is 30.5 Å². The minimum absolute atomic E-state index is 0.976. The van der Waals surface area contributed by atoms with Gasteiger partial charge in [0.25, 0.3) is 0 Å². The van der Waals surface area contributed by atoms with Gasteiger partial charge in [0.05, 0.1) is 0 Å². The Labute approximate surface area is 128 Å². The largest absolute Gasteiger partial charge is 0.385 e. The number of fused-ring (bicyclic) bond motifs is 1. The van der Waals surface area contributed by atoms with E-state index in [4.69, 9.17) is 0 Å². The summed E-state index contributed by atoms with van der Waals surface area (Å²) >= 11 is 0. The first-order valence-corrected chi connectivity index (χ1v) is 8.29. The predicted molar refractivity (Wildman–Crippen MR) is 88.9 cm³/mol. The second-order valence-corrected chi connectivity index (χ2v) is 6.30. The molecular formula is C17H28N4. The maximum atomic E-state index is 3.62. The van der Waals surface area contributed by atoms with Gasteiger partial charge in [0.1, 0.15) is 0 Å². The molecule has 1 saturated heterocycles. The summed E-state index contributed by atoms with van der Waals surface area (Å²) in [4.78, 5) is 4.97. The Balaban J connectivity index is 1.43. The highest BCUT2D eigenvalue weighted by Gasteiger charge is 2.14. The molecule has 0 bridgehead atoms. The van der Waals surface area contributed by atoms with Crippen molar-refractivity contribution in [2.45, 2.75) is 19.4 Å². The number of benzene rings is 1. The molecule has 0 saturated carbocycles. The van der Waals surface area contributed by atoms with Gasteiger partial charge >= 0.3 is 0 Å². The summed E-state index contributed by atoms with van der Waals surface area (Å²) in [5.74, 6) is 0. The molecule has 0 spiro atoms. The number of likely N-dealkylation sites (N-methyl/N-ethyl adjacent to an activating group) is 1. The highest BCUT2D eigenvalue weighted by atomic mass is 15.2. The maximum Gasteiger partial charge on any atom is 0.0418 e. The molecule has 21 heavy (non-hydrogen) atoms. The zero-order chi connectivity index (χ0) is 14.5. The first kappa shape index (κ1) is 14.8. The van der Waals surface area contributed by atoms with Gasteiger partial charge in [-0.15, -0.1) is 0 Å². The third-order valence-corrected chi connectivity index (χ3v) is 4.68. The number of rotatable bonds is 5. The van der Waals surface area contributed by atoms with Crippen molar-refractivity contribution in [1.29, 1.82) is 0 Å². The van der Waals surface area contributed by atoms with Crippen molar-refractivity contribution in [3.05, 3.63) is 29.3 Å². The summed E-state index contributed by atoms with van der Waals surface area (Å²) in [5.41, 5.74) is 4.29. The summed E-state index contributed by atoms with van der Waals surface area (Å²) in [6, 6.07) is 6.71. The number of nitrogens with zero attached hydrogens (tertiary/aromatic N) is 2. The monoisotopic (exact) mass is 288 g/mol. The second-order valence-electron chi connectivity index (χ2n) is 6.30. The summed E-state index contributed by atoms with van der Waals surface area (Å²) in [5, 5.41) is 7.19. The van der Waals surface area contributed by atoms with Crippen molar-refractivity contribution in [1.82, 2.24) is 15.1 Å². The van der Waals surface area contributed by atoms with E-state index in [0.29, 0.717) is 0 Å². The Hall–Kier alpha value is -1.10. The summed E-state index contributed by atoms with van der Waals surface area (Å²) in [6.07, 6.45) is 2.48. The van der Waals surface area contributed by atoms with Crippen LogP contribution in [0.2, 0.25) is 0 Å². The molecule has 0 radical (unpaired) electrons. The molecule has 116 valence electrons. The van der Waals surface area contributed by atoms with Crippen LogP contribution in [0.4, 0.5) is 5.69 Å². The Kier molecular flexibility index (Phi) is 5.12. The Morgan fingerprint density at radius 2 is 2.05 bits per heavy atom. The Morgan fingerprint density at radius 1 is 1.19 bits per heavy atom. The standard InChI is InChI=1S/C17H28N4/c1-20-10-12-21(13-11-20)9-8-18-14-16-5-2-4-15-6-3-7-19-17(15)16/h2,4-5,18-19H,3,6-14H2,1H3. The van der Waals surface area contributed by atoms with Crippen molar-refractivity contribution in [3.63, 3.8) is 0 Å². The quantitative estimate of drug-likeness (QED) is 0.802. The van der Waals surface area contributed by atoms with Crippen LogP contribution in [0.1, 0.15) is 17.5 Å². The molecule has 2 aliphatic heterocycles. The lowest BCUT2D eigenvalue weighted by Gasteiger charge is -2.32.